The largest absolute Gasteiger partial charge is 0.309 e. The van der Waals surface area contributed by atoms with E-state index in [1.165, 1.54) is 37.0 Å². The summed E-state index contributed by atoms with van der Waals surface area (Å²) in [6.45, 7) is 3.46. The van der Waals surface area contributed by atoms with Gasteiger partial charge in [-0.25, -0.2) is 13.1 Å². The minimum absolute atomic E-state index is 0.438. The Balaban J connectivity index is 1.55. The van der Waals surface area contributed by atoms with Gasteiger partial charge in [-0.1, -0.05) is 6.92 Å². The zero-order valence-corrected chi connectivity index (χ0v) is 13.4. The van der Waals surface area contributed by atoms with Gasteiger partial charge in [0.2, 0.25) is 10.0 Å². The Hall–Kier alpha value is -0.430. The van der Waals surface area contributed by atoms with E-state index in [2.05, 4.69) is 17.0 Å². The van der Waals surface area contributed by atoms with Crippen molar-refractivity contribution in [3.8, 4) is 0 Å². The number of thiophene rings is 1. The average molecular weight is 314 g/mol. The number of nitrogens with one attached hydrogen (secondary N) is 2. The highest BCUT2D eigenvalue weighted by Gasteiger charge is 2.29. The van der Waals surface area contributed by atoms with Gasteiger partial charge in [0.15, 0.2) is 0 Å². The molecule has 0 aromatic carbocycles. The van der Waals surface area contributed by atoms with E-state index >= 15 is 0 Å². The molecule has 4 nitrogen and oxygen atoms in total. The Bertz CT molecular complexity index is 559. The fraction of sp³-hybridized carbons (Fsp3) is 0.714. The molecule has 1 heterocycles. The predicted molar refractivity (Wildman–Crippen MR) is 81.3 cm³/mol. The van der Waals surface area contributed by atoms with Crippen LogP contribution in [-0.2, 0) is 16.6 Å². The molecule has 0 amide bonds. The molecule has 0 bridgehead atoms. The van der Waals surface area contributed by atoms with Gasteiger partial charge in [-0.05, 0) is 49.7 Å². The van der Waals surface area contributed by atoms with Gasteiger partial charge >= 0.3 is 0 Å². The molecular weight excluding hydrogens is 292 g/mol. The Morgan fingerprint density at radius 2 is 2.05 bits per heavy atom. The first-order chi connectivity index (χ1) is 9.54. The first-order valence-corrected chi connectivity index (χ1v) is 9.66. The van der Waals surface area contributed by atoms with E-state index < -0.39 is 10.0 Å². The Morgan fingerprint density at radius 3 is 2.70 bits per heavy atom. The molecule has 112 valence electrons. The second-order valence-corrected chi connectivity index (χ2v) is 9.20. The minimum Gasteiger partial charge on any atom is -0.309 e. The van der Waals surface area contributed by atoms with Crippen LogP contribution in [0.5, 0.6) is 0 Å². The van der Waals surface area contributed by atoms with E-state index in [4.69, 9.17) is 0 Å². The van der Waals surface area contributed by atoms with Crippen molar-refractivity contribution in [3.63, 3.8) is 0 Å². The topological polar surface area (TPSA) is 58.2 Å². The maximum absolute atomic E-state index is 12.2. The van der Waals surface area contributed by atoms with Gasteiger partial charge < -0.3 is 5.32 Å². The summed E-state index contributed by atoms with van der Waals surface area (Å²) in [5.41, 5.74) is 0. The monoisotopic (exact) mass is 314 g/mol. The molecule has 2 aliphatic carbocycles. The minimum atomic E-state index is -3.32. The van der Waals surface area contributed by atoms with Gasteiger partial charge in [0, 0.05) is 24.0 Å². The van der Waals surface area contributed by atoms with E-state index in [0.29, 0.717) is 22.7 Å². The maximum Gasteiger partial charge on any atom is 0.250 e. The lowest BCUT2D eigenvalue weighted by Gasteiger charge is -2.10. The van der Waals surface area contributed by atoms with E-state index in [1.54, 1.807) is 6.07 Å². The van der Waals surface area contributed by atoms with Crippen LogP contribution < -0.4 is 10.0 Å². The highest BCUT2D eigenvalue weighted by Crippen LogP contribution is 2.36. The highest BCUT2D eigenvalue weighted by molar-refractivity contribution is 7.91. The van der Waals surface area contributed by atoms with E-state index in [-0.39, 0.29) is 0 Å². The van der Waals surface area contributed by atoms with Crippen molar-refractivity contribution >= 4 is 21.4 Å². The lowest BCUT2D eigenvalue weighted by molar-refractivity contribution is 0.492. The van der Waals surface area contributed by atoms with Crippen LogP contribution in [0.3, 0.4) is 0 Å². The number of hydrogen-bond acceptors (Lipinski definition) is 4. The lowest BCUT2D eigenvalue weighted by Crippen LogP contribution is -2.28. The van der Waals surface area contributed by atoms with E-state index in [1.807, 2.05) is 6.07 Å². The molecule has 0 radical (unpaired) electrons. The van der Waals surface area contributed by atoms with Crippen LogP contribution in [0.1, 0.15) is 37.5 Å². The number of rotatable bonds is 8. The summed E-state index contributed by atoms with van der Waals surface area (Å²) in [6, 6.07) is 4.28. The zero-order chi connectivity index (χ0) is 14.2. The molecule has 20 heavy (non-hydrogen) atoms. The molecule has 6 heteroatoms. The fourth-order valence-electron chi connectivity index (χ4n) is 2.27. The smallest absolute Gasteiger partial charge is 0.250 e. The molecule has 1 atom stereocenters. The Labute approximate surface area is 125 Å². The van der Waals surface area contributed by atoms with E-state index in [0.717, 1.165) is 17.3 Å². The Kier molecular flexibility index (Phi) is 4.17. The van der Waals surface area contributed by atoms with Gasteiger partial charge in [0.1, 0.15) is 4.21 Å². The van der Waals surface area contributed by atoms with Crippen LogP contribution >= 0.6 is 11.3 Å². The van der Waals surface area contributed by atoms with E-state index in [9.17, 15) is 8.42 Å². The van der Waals surface area contributed by atoms with Crippen LogP contribution in [0.25, 0.3) is 0 Å². The summed E-state index contributed by atoms with van der Waals surface area (Å²) in [7, 11) is -3.32. The van der Waals surface area contributed by atoms with Crippen molar-refractivity contribution < 1.29 is 8.42 Å². The molecule has 1 aromatic rings. The fourth-order valence-corrected chi connectivity index (χ4v) is 4.77. The zero-order valence-electron chi connectivity index (χ0n) is 11.8. The summed E-state index contributed by atoms with van der Waals surface area (Å²) < 4.78 is 27.6. The number of hydrogen-bond donors (Lipinski definition) is 2. The van der Waals surface area contributed by atoms with Crippen molar-refractivity contribution in [2.75, 3.05) is 6.54 Å². The maximum atomic E-state index is 12.2. The van der Waals surface area contributed by atoms with Crippen molar-refractivity contribution in [3.05, 3.63) is 17.0 Å². The standard InChI is InChI=1S/C14H22N2O2S2/c1-10(11-2-3-11)8-16-20(17,18)14-7-6-13(19-14)9-15-12-4-5-12/h6-7,10-12,15-16H,2-5,8-9H2,1H3. The molecule has 2 N–H and O–H groups in total. The second kappa shape index (κ2) is 5.75. The van der Waals surface area contributed by atoms with Gasteiger partial charge in [-0.3, -0.25) is 0 Å². The second-order valence-electron chi connectivity index (χ2n) is 6.04. The van der Waals surface area contributed by atoms with Crippen LogP contribution in [0.2, 0.25) is 0 Å². The molecule has 2 aliphatic rings. The molecule has 1 aromatic heterocycles. The summed E-state index contributed by atoms with van der Waals surface area (Å²) in [6.07, 6.45) is 4.99. The third kappa shape index (κ3) is 3.81. The van der Waals surface area contributed by atoms with Crippen LogP contribution in [0.4, 0.5) is 0 Å². The van der Waals surface area contributed by atoms with Gasteiger partial charge in [0.05, 0.1) is 0 Å². The van der Waals surface area contributed by atoms with Crippen molar-refractivity contribution in [1.29, 1.82) is 0 Å². The highest BCUT2D eigenvalue weighted by atomic mass is 32.2. The molecule has 0 aliphatic heterocycles. The molecule has 0 spiro atoms. The Morgan fingerprint density at radius 1 is 1.30 bits per heavy atom. The normalized spacial score (nSPS) is 21.1. The number of sulfonamides is 1. The molecule has 2 saturated carbocycles. The first kappa shape index (κ1) is 14.5. The quantitative estimate of drug-likeness (QED) is 0.774. The third-order valence-electron chi connectivity index (χ3n) is 4.07. The molecular formula is C14H22N2O2S2. The lowest BCUT2D eigenvalue weighted by atomic mass is 10.1. The van der Waals surface area contributed by atoms with Gasteiger partial charge in [0.25, 0.3) is 0 Å². The van der Waals surface area contributed by atoms with Crippen LogP contribution in [-0.4, -0.2) is 21.0 Å². The molecule has 2 fully saturated rings. The summed E-state index contributed by atoms with van der Waals surface area (Å²) in [5, 5.41) is 3.41. The van der Waals surface area contributed by atoms with Crippen LogP contribution in [0, 0.1) is 11.8 Å². The molecule has 0 saturated heterocycles. The van der Waals surface area contributed by atoms with Gasteiger partial charge in [-0.2, -0.15) is 0 Å². The summed E-state index contributed by atoms with van der Waals surface area (Å²) >= 11 is 1.37. The van der Waals surface area contributed by atoms with Crippen molar-refractivity contribution in [2.24, 2.45) is 11.8 Å². The van der Waals surface area contributed by atoms with Crippen molar-refractivity contribution in [2.45, 2.75) is 49.4 Å². The van der Waals surface area contributed by atoms with Gasteiger partial charge in [-0.15, -0.1) is 11.3 Å². The van der Waals surface area contributed by atoms with Crippen LogP contribution in [0.15, 0.2) is 16.3 Å². The molecule has 3 rings (SSSR count). The third-order valence-corrected chi connectivity index (χ3v) is 7.07. The SMILES string of the molecule is CC(CNS(=O)(=O)c1ccc(CNC2CC2)s1)C1CC1. The summed E-state index contributed by atoms with van der Waals surface area (Å²) in [4.78, 5) is 1.09. The summed E-state index contributed by atoms with van der Waals surface area (Å²) in [5.74, 6) is 1.17. The van der Waals surface area contributed by atoms with Crippen molar-refractivity contribution in [1.82, 2.24) is 10.0 Å². The predicted octanol–water partition coefficient (Wildman–Crippen LogP) is 2.32. The molecule has 1 unspecified atom stereocenters. The average Bonchev–Trinajstić information content (AvgIpc) is 3.33. The first-order valence-electron chi connectivity index (χ1n) is 7.36.